The summed E-state index contributed by atoms with van der Waals surface area (Å²) < 4.78 is 0. The fourth-order valence-electron chi connectivity index (χ4n) is 4.04. The van der Waals surface area contributed by atoms with Gasteiger partial charge in [-0.15, -0.1) is 24.8 Å². The number of halogens is 2. The van der Waals surface area contributed by atoms with Crippen LogP contribution in [0.1, 0.15) is 25.7 Å². The van der Waals surface area contributed by atoms with E-state index in [0.717, 1.165) is 17.9 Å². The molecule has 3 unspecified atom stereocenters. The van der Waals surface area contributed by atoms with Crippen molar-refractivity contribution in [3.63, 3.8) is 0 Å². The maximum Gasteiger partial charge on any atom is 0.0460 e. The molecule has 1 saturated carbocycles. The molecule has 5 heteroatoms. The number of aliphatic hydroxyl groups is 1. The van der Waals surface area contributed by atoms with Crippen molar-refractivity contribution in [2.24, 2.45) is 17.8 Å². The highest BCUT2D eigenvalue weighted by Gasteiger charge is 2.42. The van der Waals surface area contributed by atoms with Gasteiger partial charge in [-0.2, -0.15) is 0 Å². The summed E-state index contributed by atoms with van der Waals surface area (Å²) in [6.45, 7) is 5.34. The van der Waals surface area contributed by atoms with Crippen molar-refractivity contribution in [3.8, 4) is 0 Å². The lowest BCUT2D eigenvalue weighted by atomic mass is 9.92. The number of hydrogen-bond acceptors (Lipinski definition) is 3. The summed E-state index contributed by atoms with van der Waals surface area (Å²) in [5.41, 5.74) is 0. The molecular weight excluding hydrogens is 271 g/mol. The van der Waals surface area contributed by atoms with E-state index in [1.807, 2.05) is 0 Å². The maximum absolute atomic E-state index is 9.16. The number of likely N-dealkylation sites (tertiary alicyclic amines) is 1. The predicted molar refractivity (Wildman–Crippen MR) is 78.8 cm³/mol. The number of rotatable bonds is 2. The van der Waals surface area contributed by atoms with E-state index in [1.165, 1.54) is 51.9 Å². The second-order valence-corrected chi connectivity index (χ2v) is 5.89. The summed E-state index contributed by atoms with van der Waals surface area (Å²) in [5, 5.41) is 12.7. The van der Waals surface area contributed by atoms with Crippen LogP contribution in [0.5, 0.6) is 0 Å². The summed E-state index contributed by atoms with van der Waals surface area (Å²) in [6.07, 6.45) is 5.26. The van der Waals surface area contributed by atoms with Crippen LogP contribution < -0.4 is 5.32 Å². The molecule has 2 heterocycles. The molecule has 0 aromatic carbocycles. The Balaban J connectivity index is 0.000000810. The van der Waals surface area contributed by atoms with Crippen molar-refractivity contribution in [2.75, 3.05) is 32.8 Å². The van der Waals surface area contributed by atoms with Crippen LogP contribution in [0.15, 0.2) is 0 Å². The van der Waals surface area contributed by atoms with E-state index in [1.54, 1.807) is 0 Å². The summed E-state index contributed by atoms with van der Waals surface area (Å²) in [6, 6.07) is 0.847. The molecular formula is C13H26Cl2N2O. The van der Waals surface area contributed by atoms with Gasteiger partial charge in [-0.05, 0) is 69.6 Å². The zero-order valence-electron chi connectivity index (χ0n) is 10.9. The van der Waals surface area contributed by atoms with Crippen molar-refractivity contribution in [1.82, 2.24) is 10.2 Å². The van der Waals surface area contributed by atoms with Gasteiger partial charge in [0.2, 0.25) is 0 Å². The van der Waals surface area contributed by atoms with Gasteiger partial charge in [-0.3, -0.25) is 0 Å². The fourth-order valence-corrected chi connectivity index (χ4v) is 4.04. The third-order valence-electron chi connectivity index (χ3n) is 5.10. The first kappa shape index (κ1) is 16.5. The van der Waals surface area contributed by atoms with Gasteiger partial charge >= 0.3 is 0 Å². The van der Waals surface area contributed by atoms with Crippen LogP contribution in [0.3, 0.4) is 0 Å². The zero-order chi connectivity index (χ0) is 11.0. The molecule has 2 aliphatic heterocycles. The lowest BCUT2D eigenvalue weighted by molar-refractivity contribution is 0.0844. The van der Waals surface area contributed by atoms with Crippen LogP contribution in [-0.2, 0) is 0 Å². The Kier molecular flexibility index (Phi) is 6.70. The first-order valence-electron chi connectivity index (χ1n) is 6.94. The second kappa shape index (κ2) is 7.30. The molecule has 1 aliphatic carbocycles. The Labute approximate surface area is 123 Å². The van der Waals surface area contributed by atoms with Crippen molar-refractivity contribution in [1.29, 1.82) is 0 Å². The molecule has 3 aliphatic rings. The molecule has 3 fully saturated rings. The lowest BCUT2D eigenvalue weighted by Crippen LogP contribution is -2.44. The normalized spacial score (nSPS) is 36.8. The van der Waals surface area contributed by atoms with Crippen molar-refractivity contribution < 1.29 is 5.11 Å². The number of nitrogens with zero attached hydrogens (tertiary/aromatic N) is 1. The van der Waals surface area contributed by atoms with Gasteiger partial charge in [0.05, 0.1) is 0 Å². The number of fused-ring (bicyclic) bond motifs is 1. The van der Waals surface area contributed by atoms with Crippen LogP contribution in [0.2, 0.25) is 0 Å². The molecule has 3 atom stereocenters. The van der Waals surface area contributed by atoms with Gasteiger partial charge in [0, 0.05) is 12.6 Å². The van der Waals surface area contributed by atoms with Crippen LogP contribution >= 0.6 is 24.8 Å². The Bertz CT molecular complexity index is 247. The largest absolute Gasteiger partial charge is 0.396 e. The predicted octanol–water partition coefficient (Wildman–Crippen LogP) is 1.53. The SMILES string of the molecule is Cl.Cl.OCC1CCN(C2CCC3CNCC32)CC1. The first-order valence-corrected chi connectivity index (χ1v) is 6.94. The topological polar surface area (TPSA) is 35.5 Å². The molecule has 18 heavy (non-hydrogen) atoms. The van der Waals surface area contributed by atoms with E-state index in [2.05, 4.69) is 10.2 Å². The Hall–Kier alpha value is 0.460. The molecule has 3 nitrogen and oxygen atoms in total. The minimum atomic E-state index is 0. The van der Waals surface area contributed by atoms with Gasteiger partial charge in [0.15, 0.2) is 0 Å². The minimum absolute atomic E-state index is 0. The van der Waals surface area contributed by atoms with Gasteiger partial charge in [0.25, 0.3) is 0 Å². The quantitative estimate of drug-likeness (QED) is 0.811. The maximum atomic E-state index is 9.16. The van der Waals surface area contributed by atoms with Gasteiger partial charge in [-0.1, -0.05) is 0 Å². The highest BCUT2D eigenvalue weighted by Crippen LogP contribution is 2.38. The number of hydrogen-bond donors (Lipinski definition) is 2. The average Bonchev–Trinajstić information content (AvgIpc) is 2.91. The van der Waals surface area contributed by atoms with Gasteiger partial charge in [0.1, 0.15) is 0 Å². The summed E-state index contributed by atoms with van der Waals surface area (Å²) in [7, 11) is 0. The lowest BCUT2D eigenvalue weighted by Gasteiger charge is -2.37. The van der Waals surface area contributed by atoms with Crippen LogP contribution in [0, 0.1) is 17.8 Å². The van der Waals surface area contributed by atoms with Crippen LogP contribution in [-0.4, -0.2) is 48.8 Å². The average molecular weight is 297 g/mol. The van der Waals surface area contributed by atoms with Crippen LogP contribution in [0.25, 0.3) is 0 Å². The van der Waals surface area contributed by atoms with E-state index in [0.29, 0.717) is 12.5 Å². The first-order chi connectivity index (χ1) is 7.88. The second-order valence-electron chi connectivity index (χ2n) is 5.89. The highest BCUT2D eigenvalue weighted by atomic mass is 35.5. The monoisotopic (exact) mass is 296 g/mol. The molecule has 0 spiro atoms. The summed E-state index contributed by atoms with van der Waals surface area (Å²) >= 11 is 0. The Morgan fingerprint density at radius 2 is 1.72 bits per heavy atom. The molecule has 0 radical (unpaired) electrons. The number of nitrogens with one attached hydrogen (secondary N) is 1. The molecule has 2 saturated heterocycles. The van der Waals surface area contributed by atoms with Crippen molar-refractivity contribution >= 4 is 24.8 Å². The van der Waals surface area contributed by atoms with E-state index in [9.17, 15) is 0 Å². The van der Waals surface area contributed by atoms with Gasteiger partial charge < -0.3 is 15.3 Å². The fraction of sp³-hybridized carbons (Fsp3) is 1.00. The van der Waals surface area contributed by atoms with E-state index >= 15 is 0 Å². The van der Waals surface area contributed by atoms with Crippen molar-refractivity contribution in [3.05, 3.63) is 0 Å². The Morgan fingerprint density at radius 1 is 1.00 bits per heavy atom. The molecule has 0 amide bonds. The molecule has 3 rings (SSSR count). The molecule has 0 aromatic rings. The van der Waals surface area contributed by atoms with Crippen molar-refractivity contribution in [2.45, 2.75) is 31.7 Å². The number of aliphatic hydroxyl groups excluding tert-OH is 1. The minimum Gasteiger partial charge on any atom is -0.396 e. The Morgan fingerprint density at radius 3 is 2.39 bits per heavy atom. The van der Waals surface area contributed by atoms with E-state index < -0.39 is 0 Å². The highest BCUT2D eigenvalue weighted by molar-refractivity contribution is 5.85. The van der Waals surface area contributed by atoms with Gasteiger partial charge in [-0.25, -0.2) is 0 Å². The molecule has 0 bridgehead atoms. The molecule has 2 N–H and O–H groups in total. The third-order valence-corrected chi connectivity index (χ3v) is 5.10. The third kappa shape index (κ3) is 3.13. The van der Waals surface area contributed by atoms with E-state index in [4.69, 9.17) is 5.11 Å². The summed E-state index contributed by atoms with van der Waals surface area (Å²) in [4.78, 5) is 2.71. The van der Waals surface area contributed by atoms with Crippen LogP contribution in [0.4, 0.5) is 0 Å². The standard InChI is InChI=1S/C13H24N2O.2ClH/c16-9-10-3-5-15(6-4-10)13-2-1-11-7-14-8-12(11)13;;/h10-14,16H,1-9H2;2*1H. The van der Waals surface area contributed by atoms with E-state index in [-0.39, 0.29) is 24.8 Å². The molecule has 0 aromatic heterocycles. The smallest absolute Gasteiger partial charge is 0.0460 e. The summed E-state index contributed by atoms with van der Waals surface area (Å²) in [5.74, 6) is 2.46. The zero-order valence-corrected chi connectivity index (χ0v) is 12.5. The molecule has 108 valence electrons. The number of piperidine rings is 1.